The van der Waals surface area contributed by atoms with Crippen LogP contribution in [0.25, 0.3) is 0 Å². The minimum atomic E-state index is -3.44. The van der Waals surface area contributed by atoms with Crippen molar-refractivity contribution in [2.24, 2.45) is 0 Å². The third-order valence-corrected chi connectivity index (χ3v) is 5.96. The summed E-state index contributed by atoms with van der Waals surface area (Å²) in [5.41, 5.74) is 2.16. The van der Waals surface area contributed by atoms with Crippen molar-refractivity contribution in [1.29, 1.82) is 0 Å². The van der Waals surface area contributed by atoms with Crippen molar-refractivity contribution in [3.05, 3.63) is 69.2 Å². The van der Waals surface area contributed by atoms with E-state index in [1.54, 1.807) is 50.2 Å². The molecular formula is C19H22Cl2N2O3S. The molecule has 0 aliphatic heterocycles. The molecule has 0 spiro atoms. The first-order valence-corrected chi connectivity index (χ1v) is 10.8. The average molecular weight is 429 g/mol. The lowest BCUT2D eigenvalue weighted by atomic mass is 10.1. The Morgan fingerprint density at radius 2 is 1.70 bits per heavy atom. The number of nitrogens with one attached hydrogen (secondary N) is 2. The highest BCUT2D eigenvalue weighted by atomic mass is 35.5. The van der Waals surface area contributed by atoms with E-state index in [-0.39, 0.29) is 30.7 Å². The second-order valence-electron chi connectivity index (χ2n) is 6.50. The van der Waals surface area contributed by atoms with Crippen LogP contribution in [0.3, 0.4) is 0 Å². The van der Waals surface area contributed by atoms with Crippen molar-refractivity contribution in [3.63, 3.8) is 0 Å². The Hall–Kier alpha value is -1.60. The molecule has 0 aliphatic carbocycles. The second-order valence-corrected chi connectivity index (χ2v) is 9.07. The topological polar surface area (TPSA) is 75.3 Å². The molecule has 8 heteroatoms. The maximum Gasteiger partial charge on any atom is 0.224 e. The molecule has 0 atom stereocenters. The average Bonchev–Trinajstić information content (AvgIpc) is 2.56. The van der Waals surface area contributed by atoms with Crippen molar-refractivity contribution < 1.29 is 13.2 Å². The normalized spacial score (nSPS) is 11.6. The maximum absolute atomic E-state index is 12.2. The first-order chi connectivity index (χ1) is 12.7. The van der Waals surface area contributed by atoms with Gasteiger partial charge in [0.2, 0.25) is 15.9 Å². The predicted octanol–water partition coefficient (Wildman–Crippen LogP) is 3.68. The fourth-order valence-electron chi connectivity index (χ4n) is 2.57. The fourth-order valence-corrected chi connectivity index (χ4v) is 4.38. The molecule has 0 bridgehead atoms. The van der Waals surface area contributed by atoms with E-state index in [1.807, 2.05) is 6.07 Å². The largest absolute Gasteiger partial charge is 0.352 e. The molecule has 0 unspecified atom stereocenters. The predicted molar refractivity (Wildman–Crippen MR) is 109 cm³/mol. The van der Waals surface area contributed by atoms with Crippen LogP contribution in [0.4, 0.5) is 0 Å². The summed E-state index contributed by atoms with van der Waals surface area (Å²) in [7, 11) is -3.44. The number of rotatable bonds is 8. The first-order valence-electron chi connectivity index (χ1n) is 8.43. The third kappa shape index (κ3) is 7.14. The number of carbonyl (C=O) groups is 1. The lowest BCUT2D eigenvalue weighted by Gasteiger charge is -2.13. The number of amides is 1. The Morgan fingerprint density at radius 1 is 1.04 bits per heavy atom. The van der Waals surface area contributed by atoms with Crippen LogP contribution in [0.1, 0.15) is 30.5 Å². The van der Waals surface area contributed by atoms with Crippen molar-refractivity contribution in [1.82, 2.24) is 10.0 Å². The van der Waals surface area contributed by atoms with Gasteiger partial charge in [-0.1, -0.05) is 53.5 Å². The van der Waals surface area contributed by atoms with Crippen molar-refractivity contribution in [2.75, 3.05) is 0 Å². The van der Waals surface area contributed by atoms with Crippen molar-refractivity contribution in [2.45, 2.75) is 38.6 Å². The number of hydrogen-bond acceptors (Lipinski definition) is 3. The number of sulfonamides is 1. The van der Waals surface area contributed by atoms with E-state index in [1.165, 1.54) is 0 Å². The Labute approximate surface area is 170 Å². The minimum Gasteiger partial charge on any atom is -0.352 e. The maximum atomic E-state index is 12.2. The summed E-state index contributed by atoms with van der Waals surface area (Å²) < 4.78 is 26.9. The zero-order valence-corrected chi connectivity index (χ0v) is 17.5. The molecule has 146 valence electrons. The smallest absolute Gasteiger partial charge is 0.224 e. The van der Waals surface area contributed by atoms with Gasteiger partial charge in [0.05, 0.1) is 22.2 Å². The molecular weight excluding hydrogens is 407 g/mol. The Morgan fingerprint density at radius 3 is 2.33 bits per heavy atom. The van der Waals surface area contributed by atoms with Gasteiger partial charge in [0.25, 0.3) is 0 Å². The first kappa shape index (κ1) is 21.7. The van der Waals surface area contributed by atoms with Crippen LogP contribution in [0.5, 0.6) is 0 Å². The molecule has 0 radical (unpaired) electrons. The lowest BCUT2D eigenvalue weighted by Crippen LogP contribution is -2.32. The molecule has 0 saturated carbocycles. The molecule has 0 saturated heterocycles. The van der Waals surface area contributed by atoms with Gasteiger partial charge in [-0.2, -0.15) is 0 Å². The van der Waals surface area contributed by atoms with Crippen LogP contribution in [0.2, 0.25) is 10.0 Å². The Balaban J connectivity index is 2.01. The summed E-state index contributed by atoms with van der Waals surface area (Å²) >= 11 is 11.8. The number of carbonyl (C=O) groups excluding carboxylic acids is 1. The number of benzene rings is 2. The van der Waals surface area contributed by atoms with Gasteiger partial charge in [-0.3, -0.25) is 4.79 Å². The SMILES string of the molecule is CC(C)NS(=O)(=O)Cc1ccccc1CNC(=O)Cc1ccc(Cl)c(Cl)c1. The van der Waals surface area contributed by atoms with E-state index < -0.39 is 10.0 Å². The van der Waals surface area contributed by atoms with E-state index in [2.05, 4.69) is 10.0 Å². The van der Waals surface area contributed by atoms with E-state index in [4.69, 9.17) is 23.2 Å². The molecule has 2 aromatic rings. The molecule has 0 aliphatic rings. The van der Waals surface area contributed by atoms with Gasteiger partial charge in [-0.05, 0) is 42.7 Å². The third-order valence-electron chi connectivity index (χ3n) is 3.70. The van der Waals surface area contributed by atoms with Crippen LogP contribution in [-0.2, 0) is 33.5 Å². The summed E-state index contributed by atoms with van der Waals surface area (Å²) in [6.07, 6.45) is 0.159. The van der Waals surface area contributed by atoms with Crippen LogP contribution < -0.4 is 10.0 Å². The van der Waals surface area contributed by atoms with Gasteiger partial charge in [0, 0.05) is 12.6 Å². The van der Waals surface area contributed by atoms with Gasteiger partial charge in [-0.25, -0.2) is 13.1 Å². The molecule has 0 aromatic heterocycles. The van der Waals surface area contributed by atoms with Gasteiger partial charge >= 0.3 is 0 Å². The standard InChI is InChI=1S/C19H22Cl2N2O3S/c1-13(2)23-27(25,26)12-16-6-4-3-5-15(16)11-22-19(24)10-14-7-8-17(20)18(21)9-14/h3-9,13,23H,10-12H2,1-2H3,(H,22,24). The molecule has 5 nitrogen and oxygen atoms in total. The zero-order valence-electron chi connectivity index (χ0n) is 15.1. The van der Waals surface area contributed by atoms with Gasteiger partial charge in [-0.15, -0.1) is 0 Å². The monoisotopic (exact) mass is 428 g/mol. The van der Waals surface area contributed by atoms with E-state index >= 15 is 0 Å². The highest BCUT2D eigenvalue weighted by Crippen LogP contribution is 2.22. The summed E-state index contributed by atoms with van der Waals surface area (Å²) in [6.45, 7) is 3.78. The molecule has 0 fully saturated rings. The summed E-state index contributed by atoms with van der Waals surface area (Å²) in [5.74, 6) is -0.323. The highest BCUT2D eigenvalue weighted by molar-refractivity contribution is 7.88. The van der Waals surface area contributed by atoms with Crippen LogP contribution in [0, 0.1) is 0 Å². The summed E-state index contributed by atoms with van der Waals surface area (Å²) in [5, 5.41) is 3.65. The van der Waals surface area contributed by atoms with Gasteiger partial charge in [0.1, 0.15) is 0 Å². The van der Waals surface area contributed by atoms with Gasteiger partial charge in [0.15, 0.2) is 0 Å². The van der Waals surface area contributed by atoms with Crippen molar-refractivity contribution in [3.8, 4) is 0 Å². The second kappa shape index (κ2) is 9.55. The molecule has 2 aromatic carbocycles. The number of hydrogen-bond donors (Lipinski definition) is 2. The van der Waals surface area contributed by atoms with E-state index in [0.717, 1.165) is 11.1 Å². The molecule has 1 amide bonds. The minimum absolute atomic E-state index is 0.135. The molecule has 0 heterocycles. The van der Waals surface area contributed by atoms with Gasteiger partial charge < -0.3 is 5.32 Å². The molecule has 27 heavy (non-hydrogen) atoms. The fraction of sp³-hybridized carbons (Fsp3) is 0.316. The quantitative estimate of drug-likeness (QED) is 0.672. The number of halogens is 2. The highest BCUT2D eigenvalue weighted by Gasteiger charge is 2.15. The molecule has 2 rings (SSSR count). The Bertz CT molecular complexity index is 915. The van der Waals surface area contributed by atoms with E-state index in [9.17, 15) is 13.2 Å². The Kier molecular flexibility index (Phi) is 7.68. The van der Waals surface area contributed by atoms with E-state index in [0.29, 0.717) is 15.6 Å². The summed E-state index contributed by atoms with van der Waals surface area (Å²) in [4.78, 5) is 12.2. The summed E-state index contributed by atoms with van der Waals surface area (Å²) in [6, 6.07) is 12.0. The van der Waals surface area contributed by atoms with Crippen molar-refractivity contribution >= 4 is 39.1 Å². The molecule has 2 N–H and O–H groups in total. The van der Waals surface area contributed by atoms with Crippen LogP contribution >= 0.6 is 23.2 Å². The lowest BCUT2D eigenvalue weighted by molar-refractivity contribution is -0.120. The van der Waals surface area contributed by atoms with Crippen LogP contribution in [-0.4, -0.2) is 20.4 Å². The zero-order chi connectivity index (χ0) is 20.0. The van der Waals surface area contributed by atoms with Crippen LogP contribution in [0.15, 0.2) is 42.5 Å².